The minimum absolute atomic E-state index is 0.265. The van der Waals surface area contributed by atoms with Gasteiger partial charge in [-0.25, -0.2) is 0 Å². The highest BCUT2D eigenvalue weighted by Crippen LogP contribution is 2.29. The van der Waals surface area contributed by atoms with Gasteiger partial charge in [-0.15, -0.1) is 0 Å². The van der Waals surface area contributed by atoms with Crippen molar-refractivity contribution in [2.45, 2.75) is 46.2 Å². The van der Waals surface area contributed by atoms with Gasteiger partial charge >= 0.3 is 0 Å². The van der Waals surface area contributed by atoms with Crippen LogP contribution < -0.4 is 0 Å². The van der Waals surface area contributed by atoms with E-state index in [9.17, 15) is 4.79 Å². The Bertz CT molecular complexity index is 655. The number of carbonyl (C=O) groups excluding carboxylic acids is 1. The molecule has 0 bridgehead atoms. The number of nitrogens with zero attached hydrogens (tertiary/aromatic N) is 2. The molecule has 3 rings (SSSR count). The van der Waals surface area contributed by atoms with Crippen molar-refractivity contribution in [2.75, 3.05) is 6.54 Å². The lowest BCUT2D eigenvalue weighted by Gasteiger charge is -2.33. The minimum atomic E-state index is 0.265. The Hall–Kier alpha value is -2.03. The highest BCUT2D eigenvalue weighted by Gasteiger charge is 2.30. The summed E-state index contributed by atoms with van der Waals surface area (Å²) >= 11 is 0. The fourth-order valence-corrected chi connectivity index (χ4v) is 3.31. The third-order valence-electron chi connectivity index (χ3n) is 4.82. The van der Waals surface area contributed by atoms with Crippen molar-refractivity contribution in [3.05, 3.63) is 59.9 Å². The maximum atomic E-state index is 12.8. The van der Waals surface area contributed by atoms with Gasteiger partial charge in [-0.2, -0.15) is 0 Å². The van der Waals surface area contributed by atoms with Gasteiger partial charge in [0.1, 0.15) is 0 Å². The van der Waals surface area contributed by atoms with Crippen LogP contribution in [-0.4, -0.2) is 21.9 Å². The van der Waals surface area contributed by atoms with Crippen molar-refractivity contribution in [3.63, 3.8) is 0 Å². The van der Waals surface area contributed by atoms with E-state index in [-0.39, 0.29) is 5.92 Å². The fourth-order valence-electron chi connectivity index (χ4n) is 3.31. The van der Waals surface area contributed by atoms with Crippen molar-refractivity contribution >= 4 is 5.91 Å². The second-order valence-corrected chi connectivity index (χ2v) is 7.35. The van der Waals surface area contributed by atoms with Crippen LogP contribution >= 0.6 is 0 Å². The van der Waals surface area contributed by atoms with E-state index in [1.807, 2.05) is 6.07 Å². The monoisotopic (exact) mass is 324 g/mol. The first-order chi connectivity index (χ1) is 11.6. The van der Waals surface area contributed by atoms with Crippen molar-refractivity contribution < 1.29 is 4.79 Å². The van der Waals surface area contributed by atoms with Gasteiger partial charge in [0.2, 0.25) is 5.91 Å². The Kier molecular flexibility index (Phi) is 5.39. The fraction of sp³-hybridized carbons (Fsp3) is 0.476. The van der Waals surface area contributed by atoms with Crippen LogP contribution in [0.15, 0.2) is 48.7 Å². The molecule has 1 saturated carbocycles. The number of hydrogen-bond donors (Lipinski definition) is 0. The van der Waals surface area contributed by atoms with E-state index in [1.54, 1.807) is 0 Å². The van der Waals surface area contributed by atoms with Crippen LogP contribution in [0.4, 0.5) is 0 Å². The number of carbonyl (C=O) groups is 1. The lowest BCUT2D eigenvalue weighted by molar-refractivity contribution is -0.139. The Morgan fingerprint density at radius 1 is 1.17 bits per heavy atom. The smallest absolute Gasteiger partial charge is 0.226 e. The van der Waals surface area contributed by atoms with Crippen LogP contribution in [0.25, 0.3) is 0 Å². The van der Waals surface area contributed by atoms with Crippen LogP contribution in [0.3, 0.4) is 0 Å². The van der Waals surface area contributed by atoms with Crippen molar-refractivity contribution in [2.24, 2.45) is 11.8 Å². The number of amides is 1. The van der Waals surface area contributed by atoms with E-state index in [1.165, 1.54) is 17.7 Å². The Balaban J connectivity index is 1.72. The number of hydrogen-bond acceptors (Lipinski definition) is 1. The summed E-state index contributed by atoms with van der Waals surface area (Å²) < 4.78 is 2.26. The van der Waals surface area contributed by atoms with Crippen LogP contribution in [0.2, 0.25) is 0 Å². The molecule has 2 aromatic rings. The maximum Gasteiger partial charge on any atom is 0.226 e. The van der Waals surface area contributed by atoms with Gasteiger partial charge in [-0.1, -0.05) is 50.6 Å². The normalized spacial score (nSPS) is 14.6. The molecule has 0 saturated heterocycles. The van der Waals surface area contributed by atoms with E-state index in [0.717, 1.165) is 25.9 Å². The third kappa shape index (κ3) is 4.08. The molecule has 3 heteroatoms. The van der Waals surface area contributed by atoms with Gasteiger partial charge in [-0.3, -0.25) is 4.79 Å². The third-order valence-corrected chi connectivity index (χ3v) is 4.82. The lowest BCUT2D eigenvalue weighted by Crippen LogP contribution is -2.40. The molecule has 0 aliphatic heterocycles. The largest absolute Gasteiger partial charge is 0.345 e. The van der Waals surface area contributed by atoms with Crippen molar-refractivity contribution in [1.82, 2.24) is 9.47 Å². The number of aromatic nitrogens is 1. The summed E-state index contributed by atoms with van der Waals surface area (Å²) in [6.07, 6.45) is 5.46. The quantitative estimate of drug-likeness (QED) is 0.744. The lowest BCUT2D eigenvalue weighted by atomic mass is 9.84. The van der Waals surface area contributed by atoms with Crippen LogP contribution in [0.5, 0.6) is 0 Å². The van der Waals surface area contributed by atoms with Gasteiger partial charge in [-0.05, 0) is 36.5 Å². The molecule has 0 atom stereocenters. The summed E-state index contributed by atoms with van der Waals surface area (Å²) in [4.78, 5) is 14.8. The molecule has 0 spiro atoms. The molecule has 1 aliphatic rings. The first-order valence-corrected chi connectivity index (χ1v) is 9.10. The molecule has 3 nitrogen and oxygen atoms in total. The predicted octanol–water partition coefficient (Wildman–Crippen LogP) is 4.32. The highest BCUT2D eigenvalue weighted by molar-refractivity contribution is 5.79. The number of benzene rings is 1. The second kappa shape index (κ2) is 7.69. The van der Waals surface area contributed by atoms with Gasteiger partial charge in [0.05, 0.1) is 6.54 Å². The summed E-state index contributed by atoms with van der Waals surface area (Å²) in [7, 11) is 0. The molecule has 128 valence electrons. The molecular formula is C21H28N2O. The number of rotatable bonds is 7. The zero-order valence-electron chi connectivity index (χ0n) is 14.8. The molecule has 0 unspecified atom stereocenters. The van der Waals surface area contributed by atoms with Crippen molar-refractivity contribution in [3.8, 4) is 0 Å². The highest BCUT2D eigenvalue weighted by atomic mass is 16.2. The summed E-state index contributed by atoms with van der Waals surface area (Å²) in [5.74, 6) is 1.11. The molecule has 0 radical (unpaired) electrons. The minimum Gasteiger partial charge on any atom is -0.345 e. The molecule has 24 heavy (non-hydrogen) atoms. The topological polar surface area (TPSA) is 25.2 Å². The van der Waals surface area contributed by atoms with E-state index < -0.39 is 0 Å². The van der Waals surface area contributed by atoms with E-state index in [0.29, 0.717) is 18.4 Å². The molecule has 0 N–H and O–H groups in total. The first-order valence-electron chi connectivity index (χ1n) is 9.10. The zero-order chi connectivity index (χ0) is 16.9. The Morgan fingerprint density at radius 2 is 1.92 bits per heavy atom. The molecule has 1 amide bonds. The maximum absolute atomic E-state index is 12.8. The molecule has 1 aliphatic carbocycles. The van der Waals surface area contributed by atoms with E-state index in [2.05, 4.69) is 65.9 Å². The van der Waals surface area contributed by atoms with Crippen LogP contribution in [-0.2, 0) is 17.9 Å². The van der Waals surface area contributed by atoms with Gasteiger partial charge in [0, 0.05) is 30.9 Å². The molecule has 1 aromatic heterocycles. The second-order valence-electron chi connectivity index (χ2n) is 7.35. The first kappa shape index (κ1) is 16.8. The van der Waals surface area contributed by atoms with Crippen molar-refractivity contribution in [1.29, 1.82) is 0 Å². The van der Waals surface area contributed by atoms with E-state index >= 15 is 0 Å². The predicted molar refractivity (Wildman–Crippen MR) is 97.6 cm³/mol. The molecule has 1 aromatic carbocycles. The summed E-state index contributed by atoms with van der Waals surface area (Å²) in [6, 6.07) is 14.7. The average molecular weight is 324 g/mol. The van der Waals surface area contributed by atoms with E-state index in [4.69, 9.17) is 0 Å². The van der Waals surface area contributed by atoms with Gasteiger partial charge in [0.25, 0.3) is 0 Å². The van der Waals surface area contributed by atoms with Gasteiger partial charge < -0.3 is 9.47 Å². The molecular weight excluding hydrogens is 296 g/mol. The summed E-state index contributed by atoms with van der Waals surface area (Å²) in [5, 5.41) is 0. The summed E-state index contributed by atoms with van der Waals surface area (Å²) in [6.45, 7) is 6.78. The standard InChI is InChI=1S/C21H28N2O/c1-17(2)14-23(21(24)19-10-6-11-19)16-20-12-7-13-22(20)15-18-8-4-3-5-9-18/h3-5,7-9,12-13,17,19H,6,10-11,14-16H2,1-2H3. The SMILES string of the molecule is CC(C)CN(Cc1cccn1Cc1ccccc1)C(=O)C1CCC1. The zero-order valence-corrected chi connectivity index (χ0v) is 14.8. The van der Waals surface area contributed by atoms with Gasteiger partial charge in [0.15, 0.2) is 0 Å². The Morgan fingerprint density at radius 3 is 2.54 bits per heavy atom. The average Bonchev–Trinajstić information content (AvgIpc) is 2.92. The van der Waals surface area contributed by atoms with Crippen LogP contribution in [0, 0.1) is 11.8 Å². The molecule has 1 heterocycles. The molecule has 1 fully saturated rings. The Labute approximate surface area is 145 Å². The van der Waals surface area contributed by atoms with Crippen LogP contribution in [0.1, 0.15) is 44.4 Å². The summed E-state index contributed by atoms with van der Waals surface area (Å²) in [5.41, 5.74) is 2.50.